The average Bonchev–Trinajstić information content (AvgIpc) is 2.82. The van der Waals surface area contributed by atoms with Gasteiger partial charge in [-0.15, -0.1) is 0 Å². The second-order valence-corrected chi connectivity index (χ2v) is 4.71. The zero-order chi connectivity index (χ0) is 15.7. The molecule has 0 spiro atoms. The molecule has 2 heterocycles. The van der Waals surface area contributed by atoms with E-state index in [2.05, 4.69) is 9.72 Å². The van der Waals surface area contributed by atoms with Crippen molar-refractivity contribution in [3.05, 3.63) is 23.3 Å². The van der Waals surface area contributed by atoms with Crippen LogP contribution in [-0.2, 0) is 14.3 Å². The maximum absolute atomic E-state index is 13.9. The monoisotopic (exact) mass is 302 g/mol. The summed E-state index contributed by atoms with van der Waals surface area (Å²) in [5, 5.41) is 0. The average molecular weight is 302 g/mol. The molecule has 8 heteroatoms. The highest BCUT2D eigenvalue weighted by Crippen LogP contribution is 2.42. The lowest BCUT2D eigenvalue weighted by Crippen LogP contribution is -2.28. The summed E-state index contributed by atoms with van der Waals surface area (Å²) in [6, 6.07) is 0. The normalized spacial score (nSPS) is 16.8. The Balaban J connectivity index is 2.41. The molecule has 2 rings (SSSR count). The summed E-state index contributed by atoms with van der Waals surface area (Å²) < 4.78 is 45.4. The van der Waals surface area contributed by atoms with E-state index in [-0.39, 0.29) is 24.9 Å². The first-order valence-corrected chi connectivity index (χ1v) is 6.26. The molecule has 5 nitrogen and oxygen atoms in total. The fraction of sp³-hybridized carbons (Fsp3) is 0.462. The largest absolute Gasteiger partial charge is 0.469 e. The number of nitrogens with zero attached hydrogens (tertiary/aromatic N) is 2. The van der Waals surface area contributed by atoms with Crippen LogP contribution >= 0.6 is 0 Å². The van der Waals surface area contributed by atoms with Gasteiger partial charge >= 0.3 is 5.97 Å². The van der Waals surface area contributed by atoms with Gasteiger partial charge in [0.2, 0.25) is 17.7 Å². The number of hydrogen-bond donors (Lipinski definition) is 0. The summed E-state index contributed by atoms with van der Waals surface area (Å²) in [4.78, 5) is 26.5. The highest BCUT2D eigenvalue weighted by atomic mass is 19.2. The van der Waals surface area contributed by atoms with Crippen molar-refractivity contribution in [2.45, 2.75) is 25.7 Å². The van der Waals surface area contributed by atoms with E-state index >= 15 is 0 Å². The van der Waals surface area contributed by atoms with Crippen LogP contribution in [-0.4, -0.2) is 30.5 Å². The van der Waals surface area contributed by atoms with Crippen LogP contribution in [0.25, 0.3) is 0 Å². The molecule has 0 bridgehead atoms. The van der Waals surface area contributed by atoms with Gasteiger partial charge in [0, 0.05) is 31.4 Å². The van der Waals surface area contributed by atoms with Crippen molar-refractivity contribution < 1.29 is 27.5 Å². The standard InChI is InChI=1S/C13H13F3N2O3/c1-6(19)18-5-7(3-4-8(20)21-2)9-11(18)10(14)13(16)17-12(9)15/h7H,3-5H2,1-2H3. The number of carbonyl (C=O) groups is 2. The van der Waals surface area contributed by atoms with Crippen molar-refractivity contribution in [3.63, 3.8) is 0 Å². The maximum atomic E-state index is 13.9. The van der Waals surface area contributed by atoms with Crippen LogP contribution in [0, 0.1) is 17.7 Å². The van der Waals surface area contributed by atoms with Crippen LogP contribution in [0.1, 0.15) is 31.2 Å². The number of ether oxygens (including phenoxy) is 1. The minimum absolute atomic E-state index is 0.0230. The summed E-state index contributed by atoms with van der Waals surface area (Å²) >= 11 is 0. The summed E-state index contributed by atoms with van der Waals surface area (Å²) in [6.07, 6.45) is 0.123. The molecule has 0 saturated carbocycles. The summed E-state index contributed by atoms with van der Waals surface area (Å²) in [5.74, 6) is -5.80. The van der Waals surface area contributed by atoms with Crippen molar-refractivity contribution in [3.8, 4) is 0 Å². The molecular formula is C13H13F3N2O3. The van der Waals surface area contributed by atoms with Gasteiger partial charge in [0.15, 0.2) is 0 Å². The molecule has 0 aromatic carbocycles. The Morgan fingerprint density at radius 2 is 2.00 bits per heavy atom. The Hall–Kier alpha value is -2.12. The Bertz CT molecular complexity index is 607. The second-order valence-electron chi connectivity index (χ2n) is 4.71. The number of aromatic nitrogens is 1. The fourth-order valence-corrected chi connectivity index (χ4v) is 2.45. The highest BCUT2D eigenvalue weighted by molar-refractivity contribution is 5.94. The van der Waals surface area contributed by atoms with E-state index in [1.807, 2.05) is 0 Å². The summed E-state index contributed by atoms with van der Waals surface area (Å²) in [5.41, 5.74) is -0.602. The molecule has 0 fully saturated rings. The van der Waals surface area contributed by atoms with Gasteiger partial charge in [-0.2, -0.15) is 18.2 Å². The van der Waals surface area contributed by atoms with Crippen molar-refractivity contribution >= 4 is 17.6 Å². The number of pyridine rings is 1. The molecule has 114 valence electrons. The van der Waals surface area contributed by atoms with Crippen LogP contribution in [0.5, 0.6) is 0 Å². The van der Waals surface area contributed by atoms with Crippen molar-refractivity contribution in [2.75, 3.05) is 18.6 Å². The number of rotatable bonds is 3. The molecule has 1 aromatic rings. The zero-order valence-electron chi connectivity index (χ0n) is 11.5. The predicted octanol–water partition coefficient (Wildman–Crippen LogP) is 1.90. The van der Waals surface area contributed by atoms with E-state index in [1.54, 1.807) is 0 Å². The molecule has 0 aliphatic carbocycles. The number of anilines is 1. The Morgan fingerprint density at radius 3 is 2.57 bits per heavy atom. The highest BCUT2D eigenvalue weighted by Gasteiger charge is 2.38. The molecule has 1 aromatic heterocycles. The molecule has 0 saturated heterocycles. The van der Waals surface area contributed by atoms with Crippen LogP contribution in [0.4, 0.5) is 18.9 Å². The topological polar surface area (TPSA) is 59.5 Å². The number of fused-ring (bicyclic) bond motifs is 1. The minimum atomic E-state index is -1.59. The Labute approximate surface area is 118 Å². The molecule has 21 heavy (non-hydrogen) atoms. The molecule has 1 unspecified atom stereocenters. The van der Waals surface area contributed by atoms with Crippen molar-refractivity contribution in [2.24, 2.45) is 0 Å². The fourth-order valence-electron chi connectivity index (χ4n) is 2.45. The number of hydrogen-bond acceptors (Lipinski definition) is 4. The number of carbonyl (C=O) groups excluding carboxylic acids is 2. The summed E-state index contributed by atoms with van der Waals surface area (Å²) in [6.45, 7) is 1.14. The first kappa shape index (κ1) is 15.3. The maximum Gasteiger partial charge on any atom is 0.305 e. The lowest BCUT2D eigenvalue weighted by atomic mass is 9.97. The van der Waals surface area contributed by atoms with Crippen LogP contribution in [0.15, 0.2) is 0 Å². The van der Waals surface area contributed by atoms with E-state index < -0.39 is 41.2 Å². The summed E-state index contributed by atoms with van der Waals surface area (Å²) in [7, 11) is 1.21. The Morgan fingerprint density at radius 1 is 1.33 bits per heavy atom. The van der Waals surface area contributed by atoms with Crippen molar-refractivity contribution in [1.29, 1.82) is 0 Å². The number of esters is 1. The number of amides is 1. The quantitative estimate of drug-likeness (QED) is 0.632. The molecular weight excluding hydrogens is 289 g/mol. The zero-order valence-corrected chi connectivity index (χ0v) is 11.5. The Kier molecular flexibility index (Phi) is 4.15. The van der Waals surface area contributed by atoms with Crippen LogP contribution < -0.4 is 4.90 Å². The molecule has 1 aliphatic rings. The predicted molar refractivity (Wildman–Crippen MR) is 66.1 cm³/mol. The van der Waals surface area contributed by atoms with Gasteiger partial charge < -0.3 is 9.64 Å². The van der Waals surface area contributed by atoms with Gasteiger partial charge in [0.25, 0.3) is 5.95 Å². The van der Waals surface area contributed by atoms with E-state index in [9.17, 15) is 22.8 Å². The molecule has 1 amide bonds. The lowest BCUT2D eigenvalue weighted by Gasteiger charge is -2.15. The van der Waals surface area contributed by atoms with Gasteiger partial charge in [-0.25, -0.2) is 0 Å². The van der Waals surface area contributed by atoms with Crippen molar-refractivity contribution in [1.82, 2.24) is 4.98 Å². The smallest absolute Gasteiger partial charge is 0.305 e. The van der Waals surface area contributed by atoms with Gasteiger partial charge in [-0.05, 0) is 6.42 Å². The third kappa shape index (κ3) is 2.70. The molecule has 1 aliphatic heterocycles. The third-order valence-corrected chi connectivity index (χ3v) is 3.45. The van der Waals surface area contributed by atoms with Gasteiger partial charge in [-0.3, -0.25) is 9.59 Å². The first-order valence-electron chi connectivity index (χ1n) is 6.26. The van der Waals surface area contributed by atoms with Gasteiger partial charge in [-0.1, -0.05) is 0 Å². The number of methoxy groups -OCH3 is 1. The van der Waals surface area contributed by atoms with E-state index in [0.29, 0.717) is 0 Å². The van der Waals surface area contributed by atoms with E-state index in [0.717, 1.165) is 4.90 Å². The third-order valence-electron chi connectivity index (χ3n) is 3.45. The molecule has 0 N–H and O–H groups in total. The second kappa shape index (κ2) is 5.71. The molecule has 0 radical (unpaired) electrons. The van der Waals surface area contributed by atoms with Gasteiger partial charge in [0.05, 0.1) is 12.8 Å². The van der Waals surface area contributed by atoms with Crippen LogP contribution in [0.3, 0.4) is 0 Å². The van der Waals surface area contributed by atoms with E-state index in [4.69, 9.17) is 0 Å². The lowest BCUT2D eigenvalue weighted by molar-refractivity contribution is -0.140. The SMILES string of the molecule is COC(=O)CCC1CN(C(C)=O)c2c(F)c(F)nc(F)c21. The number of halogens is 3. The minimum Gasteiger partial charge on any atom is -0.469 e. The first-order chi connectivity index (χ1) is 9.86. The van der Waals surface area contributed by atoms with Crippen LogP contribution in [0.2, 0.25) is 0 Å². The van der Waals surface area contributed by atoms with Gasteiger partial charge in [0.1, 0.15) is 0 Å². The molecule has 1 atom stereocenters. The van der Waals surface area contributed by atoms with E-state index in [1.165, 1.54) is 14.0 Å².